The first-order chi connectivity index (χ1) is 11.9. The van der Waals surface area contributed by atoms with E-state index < -0.39 is 10.1 Å². The maximum atomic E-state index is 9.08. The van der Waals surface area contributed by atoms with Crippen molar-refractivity contribution in [2.45, 2.75) is 91.0 Å². The van der Waals surface area contributed by atoms with E-state index >= 15 is 0 Å². The molecule has 0 radical (unpaired) electrons. The third kappa shape index (κ3) is 19.2. The number of hydrogen-bond donors (Lipinski definition) is 0. The van der Waals surface area contributed by atoms with Crippen LogP contribution in [0.15, 0.2) is 24.5 Å². The largest absolute Gasteiger partial charge is 0.748 e. The zero-order valence-corrected chi connectivity index (χ0v) is 17.2. The first kappa shape index (κ1) is 24.1. The second-order valence-corrected chi connectivity index (χ2v) is 8.09. The van der Waals surface area contributed by atoms with Gasteiger partial charge in [0.15, 0.2) is 12.4 Å². The highest BCUT2D eigenvalue weighted by Crippen LogP contribution is 2.10. The zero-order valence-electron chi connectivity index (χ0n) is 16.4. The first-order valence-electron chi connectivity index (χ1n) is 9.75. The van der Waals surface area contributed by atoms with E-state index in [0.717, 1.165) is 6.42 Å². The minimum absolute atomic E-state index is 0.604. The lowest BCUT2D eigenvalue weighted by molar-refractivity contribution is -0.697. The first-order valence-corrected chi connectivity index (χ1v) is 11.6. The Bertz CT molecular complexity index is 504. The van der Waals surface area contributed by atoms with Crippen LogP contribution in [-0.2, 0) is 23.1 Å². The molecule has 1 aromatic rings. The molecule has 0 aliphatic heterocycles. The Hall–Kier alpha value is -0.940. The monoisotopic (exact) mass is 371 g/mol. The fourth-order valence-electron chi connectivity index (χ4n) is 2.65. The number of nitrogens with zero attached hydrogens (tertiary/aromatic N) is 1. The van der Waals surface area contributed by atoms with Crippen LogP contribution in [0, 0.1) is 0 Å². The Morgan fingerprint density at radius 1 is 0.840 bits per heavy atom. The van der Waals surface area contributed by atoms with Crippen LogP contribution >= 0.6 is 0 Å². The molecule has 0 saturated heterocycles. The van der Waals surface area contributed by atoms with Crippen LogP contribution in [0.1, 0.15) is 83.6 Å². The maximum Gasteiger partial charge on any atom is 0.169 e. The lowest BCUT2D eigenvalue weighted by Gasteiger charge is -2.01. The van der Waals surface area contributed by atoms with E-state index in [0.29, 0.717) is 6.26 Å². The van der Waals surface area contributed by atoms with Gasteiger partial charge in [-0.1, -0.05) is 65.2 Å². The van der Waals surface area contributed by atoms with Gasteiger partial charge >= 0.3 is 0 Å². The molecule has 1 heterocycles. The highest BCUT2D eigenvalue weighted by Gasteiger charge is 2.00. The number of aromatic nitrogens is 1. The van der Waals surface area contributed by atoms with E-state index in [-0.39, 0.29) is 0 Å². The van der Waals surface area contributed by atoms with Gasteiger partial charge in [-0.25, -0.2) is 13.0 Å². The number of aryl methyl sites for hydroxylation is 2. The predicted molar refractivity (Wildman–Crippen MR) is 103 cm³/mol. The van der Waals surface area contributed by atoms with Gasteiger partial charge in [-0.15, -0.1) is 0 Å². The summed E-state index contributed by atoms with van der Waals surface area (Å²) < 4.78 is 29.6. The summed E-state index contributed by atoms with van der Waals surface area (Å²) in [5.41, 5.74) is 1.43. The van der Waals surface area contributed by atoms with Crippen molar-refractivity contribution in [1.82, 2.24) is 0 Å². The van der Waals surface area contributed by atoms with Gasteiger partial charge in [0.1, 0.15) is 6.54 Å². The Balaban J connectivity index is 0.00000101. The molecule has 0 spiro atoms. The molecule has 0 bridgehead atoms. The Morgan fingerprint density at radius 2 is 1.24 bits per heavy atom. The van der Waals surface area contributed by atoms with Crippen LogP contribution in [0.2, 0.25) is 0 Å². The van der Waals surface area contributed by atoms with Crippen molar-refractivity contribution in [3.63, 3.8) is 0 Å². The summed E-state index contributed by atoms with van der Waals surface area (Å²) in [5.74, 6) is 0. The van der Waals surface area contributed by atoms with Crippen LogP contribution in [0.3, 0.4) is 0 Å². The van der Waals surface area contributed by atoms with Crippen LogP contribution in [0.25, 0.3) is 0 Å². The van der Waals surface area contributed by atoms with Crippen molar-refractivity contribution >= 4 is 10.1 Å². The summed E-state index contributed by atoms with van der Waals surface area (Å²) >= 11 is 0. The molecule has 0 saturated carbocycles. The minimum Gasteiger partial charge on any atom is -0.748 e. The van der Waals surface area contributed by atoms with E-state index in [9.17, 15) is 0 Å². The molecular formula is C20H37NO3S. The zero-order chi connectivity index (χ0) is 19.0. The van der Waals surface area contributed by atoms with Crippen molar-refractivity contribution in [3.05, 3.63) is 30.1 Å². The maximum absolute atomic E-state index is 9.08. The third-order valence-corrected chi connectivity index (χ3v) is 4.14. The Morgan fingerprint density at radius 3 is 1.64 bits per heavy atom. The molecule has 0 aliphatic carbocycles. The highest BCUT2D eigenvalue weighted by atomic mass is 32.2. The van der Waals surface area contributed by atoms with E-state index in [4.69, 9.17) is 13.0 Å². The molecular weight excluding hydrogens is 334 g/mol. The second kappa shape index (κ2) is 15.3. The van der Waals surface area contributed by atoms with Crippen molar-refractivity contribution in [2.75, 3.05) is 6.26 Å². The van der Waals surface area contributed by atoms with Gasteiger partial charge in [0, 0.05) is 24.8 Å². The molecule has 0 N–H and O–H groups in total. The summed E-state index contributed by atoms with van der Waals surface area (Å²) in [6, 6.07) is 4.49. The summed E-state index contributed by atoms with van der Waals surface area (Å²) in [6.07, 6.45) is 20.3. The van der Waals surface area contributed by atoms with Crippen LogP contribution < -0.4 is 4.57 Å². The molecule has 1 rings (SSSR count). The van der Waals surface area contributed by atoms with Crippen molar-refractivity contribution in [2.24, 2.45) is 0 Å². The van der Waals surface area contributed by atoms with Crippen LogP contribution in [0.5, 0.6) is 0 Å². The molecule has 25 heavy (non-hydrogen) atoms. The fraction of sp³-hybridized carbons (Fsp3) is 0.750. The van der Waals surface area contributed by atoms with E-state index in [1.165, 1.54) is 76.3 Å². The topological polar surface area (TPSA) is 61.1 Å². The molecule has 0 unspecified atom stereocenters. The second-order valence-electron chi connectivity index (χ2n) is 6.68. The van der Waals surface area contributed by atoms with Crippen molar-refractivity contribution in [3.8, 4) is 0 Å². The molecule has 146 valence electrons. The summed E-state index contributed by atoms with van der Waals surface area (Å²) in [4.78, 5) is 0. The van der Waals surface area contributed by atoms with Crippen LogP contribution in [0.4, 0.5) is 0 Å². The number of pyridine rings is 1. The molecule has 0 amide bonds. The normalized spacial score (nSPS) is 11.0. The molecule has 5 heteroatoms. The van der Waals surface area contributed by atoms with Gasteiger partial charge in [0.05, 0.1) is 10.1 Å². The number of unbranched alkanes of at least 4 members (excludes halogenated alkanes) is 9. The highest BCUT2D eigenvalue weighted by molar-refractivity contribution is 7.84. The Kier molecular flexibility index (Phi) is 14.7. The molecule has 0 aromatic carbocycles. The summed E-state index contributed by atoms with van der Waals surface area (Å²) in [5, 5.41) is 0. The quantitative estimate of drug-likeness (QED) is 0.306. The number of hydrogen-bond acceptors (Lipinski definition) is 3. The van der Waals surface area contributed by atoms with Crippen LogP contribution in [-0.4, -0.2) is 19.2 Å². The lowest BCUT2D eigenvalue weighted by Crippen LogP contribution is -2.32. The van der Waals surface area contributed by atoms with E-state index in [1.54, 1.807) is 0 Å². The van der Waals surface area contributed by atoms with Crippen molar-refractivity contribution in [1.29, 1.82) is 0 Å². The Labute approximate surface area is 155 Å². The van der Waals surface area contributed by atoms with Crippen molar-refractivity contribution < 1.29 is 17.5 Å². The fourth-order valence-corrected chi connectivity index (χ4v) is 2.65. The van der Waals surface area contributed by atoms with Gasteiger partial charge < -0.3 is 4.55 Å². The molecule has 0 aliphatic rings. The lowest BCUT2D eigenvalue weighted by atomic mass is 10.1. The average Bonchev–Trinajstić information content (AvgIpc) is 2.55. The third-order valence-electron chi connectivity index (χ3n) is 4.14. The van der Waals surface area contributed by atoms with Gasteiger partial charge in [0.2, 0.25) is 0 Å². The van der Waals surface area contributed by atoms with Gasteiger partial charge in [-0.05, 0) is 18.4 Å². The smallest absolute Gasteiger partial charge is 0.169 e. The molecule has 4 nitrogen and oxygen atoms in total. The van der Waals surface area contributed by atoms with E-state index in [1.807, 2.05) is 0 Å². The minimum atomic E-state index is -3.92. The molecule has 0 fully saturated rings. The van der Waals surface area contributed by atoms with Gasteiger partial charge in [-0.3, -0.25) is 0 Å². The predicted octanol–water partition coefficient (Wildman–Crippen LogP) is 4.62. The van der Waals surface area contributed by atoms with Gasteiger partial charge in [-0.2, -0.15) is 0 Å². The summed E-state index contributed by atoms with van der Waals surface area (Å²) in [7, 11) is -3.92. The SMILES string of the molecule is CCCCCCCCCCCC[n+]1ccc(CC)cc1.CS(=O)(=O)[O-]. The standard InChI is InChI=1S/C19H34N.CH4O3S/c1-3-5-6-7-8-9-10-11-12-13-16-20-17-14-19(4-2)15-18-20;1-5(2,3)4/h14-15,17-18H,3-13,16H2,1-2H3;1H3,(H,2,3,4)/q+1;/p-1. The van der Waals surface area contributed by atoms with E-state index in [2.05, 4.69) is 42.9 Å². The van der Waals surface area contributed by atoms with Gasteiger partial charge in [0.25, 0.3) is 0 Å². The molecule has 0 atom stereocenters. The molecule has 1 aromatic heterocycles. The average molecular weight is 372 g/mol. The summed E-state index contributed by atoms with van der Waals surface area (Å²) in [6.45, 7) is 5.68. The number of rotatable bonds is 12.